The lowest BCUT2D eigenvalue weighted by molar-refractivity contribution is 0.959. The summed E-state index contributed by atoms with van der Waals surface area (Å²) < 4.78 is 0. The summed E-state index contributed by atoms with van der Waals surface area (Å²) in [5, 5.41) is 30.3. The van der Waals surface area contributed by atoms with E-state index in [4.69, 9.17) is 10.5 Å². The first-order valence-corrected chi connectivity index (χ1v) is 4.41. The molecule has 0 unspecified atom stereocenters. The maximum Gasteiger partial charge on any atom is 0.145 e. The highest BCUT2D eigenvalue weighted by Crippen LogP contribution is 2.18. The SMILES string of the molecule is N#CC(C#N)=CNc1cccc2n[nH]nc12. The van der Waals surface area contributed by atoms with Crippen molar-refractivity contribution < 1.29 is 0 Å². The topological polar surface area (TPSA) is 101 Å². The second-order valence-corrected chi connectivity index (χ2v) is 2.92. The van der Waals surface area contributed by atoms with Crippen LogP contribution in [0.25, 0.3) is 11.0 Å². The van der Waals surface area contributed by atoms with Crippen molar-refractivity contribution in [3.8, 4) is 12.1 Å². The lowest BCUT2D eigenvalue weighted by Crippen LogP contribution is -1.90. The van der Waals surface area contributed by atoms with Gasteiger partial charge in [-0.2, -0.15) is 25.9 Å². The highest BCUT2D eigenvalue weighted by atomic mass is 15.3. The summed E-state index contributed by atoms with van der Waals surface area (Å²) in [6.07, 6.45) is 1.34. The predicted molar refractivity (Wildman–Crippen MR) is 56.8 cm³/mol. The number of fused-ring (bicyclic) bond motifs is 1. The smallest absolute Gasteiger partial charge is 0.145 e. The van der Waals surface area contributed by atoms with Crippen molar-refractivity contribution in [2.24, 2.45) is 0 Å². The van der Waals surface area contributed by atoms with Crippen LogP contribution >= 0.6 is 0 Å². The van der Waals surface area contributed by atoms with Crippen molar-refractivity contribution in [3.05, 3.63) is 30.0 Å². The van der Waals surface area contributed by atoms with E-state index in [2.05, 4.69) is 20.7 Å². The van der Waals surface area contributed by atoms with Gasteiger partial charge in [0.2, 0.25) is 0 Å². The zero-order valence-electron chi connectivity index (χ0n) is 8.10. The number of anilines is 1. The fraction of sp³-hybridized carbons (Fsp3) is 0. The molecule has 6 heteroatoms. The van der Waals surface area contributed by atoms with Crippen LogP contribution in [-0.2, 0) is 0 Å². The number of nitrogens with zero attached hydrogens (tertiary/aromatic N) is 4. The Morgan fingerprint density at radius 1 is 1.31 bits per heavy atom. The Kier molecular flexibility index (Phi) is 2.49. The van der Waals surface area contributed by atoms with Crippen LogP contribution in [0.5, 0.6) is 0 Å². The van der Waals surface area contributed by atoms with Crippen LogP contribution < -0.4 is 5.32 Å². The van der Waals surface area contributed by atoms with Crippen LogP contribution in [0.2, 0.25) is 0 Å². The number of hydrogen-bond acceptors (Lipinski definition) is 5. The first-order valence-electron chi connectivity index (χ1n) is 4.41. The van der Waals surface area contributed by atoms with Crippen LogP contribution in [0.1, 0.15) is 0 Å². The molecule has 2 rings (SSSR count). The maximum absolute atomic E-state index is 8.56. The molecule has 0 fully saturated rings. The van der Waals surface area contributed by atoms with Gasteiger partial charge in [0, 0.05) is 6.20 Å². The molecule has 0 saturated carbocycles. The number of nitriles is 2. The molecule has 16 heavy (non-hydrogen) atoms. The molecule has 1 aromatic carbocycles. The van der Waals surface area contributed by atoms with Gasteiger partial charge in [0.15, 0.2) is 0 Å². The van der Waals surface area contributed by atoms with E-state index in [-0.39, 0.29) is 5.57 Å². The third-order valence-corrected chi connectivity index (χ3v) is 1.96. The number of allylic oxidation sites excluding steroid dienone is 1. The molecule has 1 heterocycles. The summed E-state index contributed by atoms with van der Waals surface area (Å²) in [4.78, 5) is 0. The number of para-hydroxylation sites is 1. The molecule has 0 aliphatic heterocycles. The Morgan fingerprint density at radius 3 is 2.88 bits per heavy atom. The minimum Gasteiger partial charge on any atom is -0.358 e. The molecule has 0 radical (unpaired) electrons. The summed E-state index contributed by atoms with van der Waals surface area (Å²) in [6, 6.07) is 8.91. The fourth-order valence-electron chi connectivity index (χ4n) is 1.22. The molecule has 6 nitrogen and oxygen atoms in total. The van der Waals surface area contributed by atoms with E-state index in [0.29, 0.717) is 16.7 Å². The number of nitrogens with one attached hydrogen (secondary N) is 2. The van der Waals surface area contributed by atoms with Crippen LogP contribution in [0, 0.1) is 22.7 Å². The van der Waals surface area contributed by atoms with Gasteiger partial charge in [-0.05, 0) is 12.1 Å². The first kappa shape index (κ1) is 9.69. The molecule has 2 aromatic rings. The Bertz CT molecular complexity index is 609. The lowest BCUT2D eigenvalue weighted by atomic mass is 10.2. The predicted octanol–water partition coefficient (Wildman–Crippen LogP) is 1.30. The van der Waals surface area contributed by atoms with Crippen molar-refractivity contribution in [1.29, 1.82) is 10.5 Å². The molecule has 76 valence electrons. The first-order chi connectivity index (χ1) is 7.85. The van der Waals surface area contributed by atoms with Gasteiger partial charge in [-0.25, -0.2) is 0 Å². The zero-order valence-corrected chi connectivity index (χ0v) is 8.10. The molecule has 0 atom stereocenters. The Morgan fingerprint density at radius 2 is 2.12 bits per heavy atom. The van der Waals surface area contributed by atoms with Crippen LogP contribution in [0.3, 0.4) is 0 Å². The molecule has 0 saturated heterocycles. The molecule has 0 aliphatic rings. The van der Waals surface area contributed by atoms with Crippen molar-refractivity contribution in [2.45, 2.75) is 0 Å². The number of benzene rings is 1. The minimum absolute atomic E-state index is 0.000461. The van der Waals surface area contributed by atoms with Gasteiger partial charge < -0.3 is 5.32 Å². The van der Waals surface area contributed by atoms with Crippen LogP contribution in [-0.4, -0.2) is 15.4 Å². The van der Waals surface area contributed by atoms with E-state index in [9.17, 15) is 0 Å². The lowest BCUT2D eigenvalue weighted by Gasteiger charge is -1.99. The normalized spacial score (nSPS) is 9.12. The Hall–Kier alpha value is -2.86. The third-order valence-electron chi connectivity index (χ3n) is 1.96. The van der Waals surface area contributed by atoms with E-state index in [1.807, 2.05) is 6.07 Å². The van der Waals surface area contributed by atoms with Crippen LogP contribution in [0.4, 0.5) is 5.69 Å². The number of aromatic nitrogens is 3. The monoisotopic (exact) mass is 210 g/mol. The third kappa shape index (κ3) is 1.68. The molecular weight excluding hydrogens is 204 g/mol. The number of rotatable bonds is 2. The van der Waals surface area contributed by atoms with Gasteiger partial charge in [0.1, 0.15) is 28.7 Å². The molecule has 0 amide bonds. The Labute approximate surface area is 90.8 Å². The van der Waals surface area contributed by atoms with Gasteiger partial charge >= 0.3 is 0 Å². The number of hydrogen-bond donors (Lipinski definition) is 2. The molecule has 0 bridgehead atoms. The minimum atomic E-state index is 0.000461. The number of H-pyrrole nitrogens is 1. The number of aromatic amines is 1. The van der Waals surface area contributed by atoms with E-state index in [0.717, 1.165) is 0 Å². The average molecular weight is 210 g/mol. The summed E-state index contributed by atoms with van der Waals surface area (Å²) >= 11 is 0. The van der Waals surface area contributed by atoms with Gasteiger partial charge in [0.05, 0.1) is 5.69 Å². The molecule has 2 N–H and O–H groups in total. The highest BCUT2D eigenvalue weighted by Gasteiger charge is 2.02. The van der Waals surface area contributed by atoms with Crippen molar-refractivity contribution in [1.82, 2.24) is 15.4 Å². The molecule has 1 aromatic heterocycles. The fourth-order valence-corrected chi connectivity index (χ4v) is 1.22. The van der Waals surface area contributed by atoms with E-state index in [1.165, 1.54) is 6.20 Å². The molecule has 0 aliphatic carbocycles. The zero-order chi connectivity index (χ0) is 11.4. The largest absolute Gasteiger partial charge is 0.358 e. The summed E-state index contributed by atoms with van der Waals surface area (Å²) in [5.74, 6) is 0. The van der Waals surface area contributed by atoms with Crippen molar-refractivity contribution in [3.63, 3.8) is 0 Å². The quantitative estimate of drug-likeness (QED) is 0.727. The van der Waals surface area contributed by atoms with Gasteiger partial charge in [0.25, 0.3) is 0 Å². The Balaban J connectivity index is 2.36. The second kappa shape index (κ2) is 4.11. The molecule has 0 spiro atoms. The second-order valence-electron chi connectivity index (χ2n) is 2.92. The van der Waals surface area contributed by atoms with Gasteiger partial charge in [-0.1, -0.05) is 6.07 Å². The van der Waals surface area contributed by atoms with Crippen molar-refractivity contribution >= 4 is 16.7 Å². The maximum atomic E-state index is 8.56. The highest BCUT2D eigenvalue weighted by molar-refractivity contribution is 5.87. The standard InChI is InChI=1S/C10H6N6/c11-4-7(5-12)6-13-8-2-1-3-9-10(8)15-16-14-9/h1-3,6,13H,(H,14,15,16). The van der Waals surface area contributed by atoms with E-state index in [1.54, 1.807) is 24.3 Å². The van der Waals surface area contributed by atoms with Gasteiger partial charge in [-0.3, -0.25) is 0 Å². The van der Waals surface area contributed by atoms with Crippen LogP contribution in [0.15, 0.2) is 30.0 Å². The summed E-state index contributed by atoms with van der Waals surface area (Å²) in [6.45, 7) is 0. The van der Waals surface area contributed by atoms with E-state index < -0.39 is 0 Å². The molecular formula is C10H6N6. The summed E-state index contributed by atoms with van der Waals surface area (Å²) in [7, 11) is 0. The van der Waals surface area contributed by atoms with Gasteiger partial charge in [-0.15, -0.1) is 0 Å². The average Bonchev–Trinajstić information content (AvgIpc) is 2.79. The summed E-state index contributed by atoms with van der Waals surface area (Å²) in [5.41, 5.74) is 2.07. The van der Waals surface area contributed by atoms with Crippen molar-refractivity contribution in [2.75, 3.05) is 5.32 Å². The van der Waals surface area contributed by atoms with E-state index >= 15 is 0 Å².